The smallest absolute Gasteiger partial charge is 0.407 e. The number of rotatable bonds is 6. The van der Waals surface area contributed by atoms with E-state index in [2.05, 4.69) is 10.6 Å². The Morgan fingerprint density at radius 2 is 1.83 bits per heavy atom. The number of alkyl halides is 1. The highest BCUT2D eigenvalue weighted by Gasteiger charge is 2.20. The van der Waals surface area contributed by atoms with Gasteiger partial charge in [-0.1, -0.05) is 23.7 Å². The van der Waals surface area contributed by atoms with Gasteiger partial charge in [0.05, 0.1) is 6.04 Å². The number of carbonyl (C=O) groups is 2. The summed E-state index contributed by atoms with van der Waals surface area (Å²) in [5.74, 6) is -0.418. The van der Waals surface area contributed by atoms with Crippen LogP contribution < -0.4 is 10.6 Å². The lowest BCUT2D eigenvalue weighted by molar-refractivity contribution is -0.118. The second kappa shape index (κ2) is 8.99. The SMILES string of the molecule is CC(C)(C)OC(=O)NC(CNC(=O)CCl)Cc1ccc(Cl)cc1. The molecular formula is C16H22Cl2N2O3. The first-order valence-corrected chi connectivity index (χ1v) is 8.17. The number of hydrogen-bond donors (Lipinski definition) is 2. The zero-order chi connectivity index (χ0) is 17.5. The molecule has 0 spiro atoms. The average molecular weight is 361 g/mol. The summed E-state index contributed by atoms with van der Waals surface area (Å²) in [4.78, 5) is 23.3. The van der Waals surface area contributed by atoms with Gasteiger partial charge in [-0.25, -0.2) is 4.79 Å². The van der Waals surface area contributed by atoms with Crippen LogP contribution in [0.4, 0.5) is 4.79 Å². The van der Waals surface area contributed by atoms with Gasteiger partial charge in [0.15, 0.2) is 0 Å². The molecule has 23 heavy (non-hydrogen) atoms. The van der Waals surface area contributed by atoms with Gasteiger partial charge in [0.1, 0.15) is 11.5 Å². The molecule has 0 aliphatic heterocycles. The number of alkyl carbamates (subject to hydrolysis) is 1. The highest BCUT2D eigenvalue weighted by Crippen LogP contribution is 2.12. The van der Waals surface area contributed by atoms with Crippen molar-refractivity contribution in [3.63, 3.8) is 0 Å². The van der Waals surface area contributed by atoms with Crippen molar-refractivity contribution >= 4 is 35.2 Å². The molecule has 1 aromatic rings. The molecule has 0 saturated heterocycles. The van der Waals surface area contributed by atoms with Crippen molar-refractivity contribution in [2.45, 2.75) is 38.8 Å². The van der Waals surface area contributed by atoms with Crippen LogP contribution in [-0.4, -0.2) is 36.1 Å². The lowest BCUT2D eigenvalue weighted by atomic mass is 10.1. The third kappa shape index (κ3) is 8.67. The standard InChI is InChI=1S/C16H22Cl2N2O3/c1-16(2,3)23-15(22)20-13(10-19-14(21)9-17)8-11-4-6-12(18)7-5-11/h4-7,13H,8-10H2,1-3H3,(H,19,21)(H,20,22). The van der Waals surface area contributed by atoms with Gasteiger partial charge in [0.25, 0.3) is 0 Å². The lowest BCUT2D eigenvalue weighted by Gasteiger charge is -2.24. The van der Waals surface area contributed by atoms with Crippen LogP contribution in [0, 0.1) is 0 Å². The summed E-state index contributed by atoms with van der Waals surface area (Å²) in [5.41, 5.74) is 0.393. The number of carbonyl (C=O) groups excluding carboxylic acids is 2. The quantitative estimate of drug-likeness (QED) is 0.765. The van der Waals surface area contributed by atoms with Crippen molar-refractivity contribution in [3.8, 4) is 0 Å². The molecule has 2 N–H and O–H groups in total. The Hall–Kier alpha value is -1.46. The third-order valence-electron chi connectivity index (χ3n) is 2.78. The highest BCUT2D eigenvalue weighted by atomic mass is 35.5. The van der Waals surface area contributed by atoms with Gasteiger partial charge in [-0.2, -0.15) is 0 Å². The number of nitrogens with one attached hydrogen (secondary N) is 2. The van der Waals surface area contributed by atoms with Crippen molar-refractivity contribution < 1.29 is 14.3 Å². The summed E-state index contributed by atoms with van der Waals surface area (Å²) in [7, 11) is 0. The second-order valence-corrected chi connectivity index (χ2v) is 6.82. The van der Waals surface area contributed by atoms with E-state index in [1.165, 1.54) is 0 Å². The lowest BCUT2D eigenvalue weighted by Crippen LogP contribution is -2.46. The molecule has 0 radical (unpaired) electrons. The Morgan fingerprint density at radius 1 is 1.22 bits per heavy atom. The van der Waals surface area contributed by atoms with Crippen molar-refractivity contribution in [1.82, 2.24) is 10.6 Å². The van der Waals surface area contributed by atoms with Crippen LogP contribution in [-0.2, 0) is 16.0 Å². The van der Waals surface area contributed by atoms with Gasteiger partial charge in [-0.15, -0.1) is 11.6 Å². The average Bonchev–Trinajstić information content (AvgIpc) is 2.44. The molecule has 0 aliphatic rings. The van der Waals surface area contributed by atoms with E-state index in [1.807, 2.05) is 12.1 Å². The van der Waals surface area contributed by atoms with Crippen molar-refractivity contribution in [3.05, 3.63) is 34.9 Å². The monoisotopic (exact) mass is 360 g/mol. The number of amides is 2. The minimum absolute atomic E-state index is 0.125. The van der Waals surface area contributed by atoms with Gasteiger partial charge < -0.3 is 15.4 Å². The maximum absolute atomic E-state index is 11.9. The fourth-order valence-corrected chi connectivity index (χ4v) is 2.06. The minimum Gasteiger partial charge on any atom is -0.444 e. The third-order valence-corrected chi connectivity index (χ3v) is 3.28. The summed E-state index contributed by atoms with van der Waals surface area (Å²) >= 11 is 11.3. The minimum atomic E-state index is -0.589. The van der Waals surface area contributed by atoms with Gasteiger partial charge in [0, 0.05) is 11.6 Å². The summed E-state index contributed by atoms with van der Waals surface area (Å²) in [6, 6.07) is 6.97. The Kier molecular flexibility index (Phi) is 7.65. The molecule has 0 aliphatic carbocycles. The van der Waals surface area contributed by atoms with E-state index in [0.29, 0.717) is 11.4 Å². The van der Waals surface area contributed by atoms with Crippen LogP contribution in [0.15, 0.2) is 24.3 Å². The van der Waals surface area contributed by atoms with E-state index in [-0.39, 0.29) is 24.4 Å². The first-order valence-electron chi connectivity index (χ1n) is 7.26. The summed E-state index contributed by atoms with van der Waals surface area (Å²) in [6.45, 7) is 5.62. The molecule has 0 saturated carbocycles. The van der Waals surface area contributed by atoms with Crippen LogP contribution in [0.5, 0.6) is 0 Å². The molecule has 0 bridgehead atoms. The van der Waals surface area contributed by atoms with Crippen LogP contribution in [0.3, 0.4) is 0 Å². The highest BCUT2D eigenvalue weighted by molar-refractivity contribution is 6.30. The van der Waals surface area contributed by atoms with Gasteiger partial charge in [-0.3, -0.25) is 4.79 Å². The van der Waals surface area contributed by atoms with Crippen LogP contribution in [0.25, 0.3) is 0 Å². The first kappa shape index (κ1) is 19.6. The maximum atomic E-state index is 11.9. The number of hydrogen-bond acceptors (Lipinski definition) is 3. The molecule has 7 heteroatoms. The molecule has 128 valence electrons. The Labute approximate surface area is 146 Å². The number of halogens is 2. The Balaban J connectivity index is 2.69. The maximum Gasteiger partial charge on any atom is 0.407 e. The molecular weight excluding hydrogens is 339 g/mol. The van der Waals surface area contributed by atoms with Crippen LogP contribution >= 0.6 is 23.2 Å². The van der Waals surface area contributed by atoms with E-state index in [1.54, 1.807) is 32.9 Å². The van der Waals surface area contributed by atoms with Gasteiger partial charge in [-0.05, 0) is 44.9 Å². The molecule has 1 rings (SSSR count). The predicted molar refractivity (Wildman–Crippen MR) is 92.0 cm³/mol. The first-order chi connectivity index (χ1) is 10.7. The normalized spacial score (nSPS) is 12.4. The second-order valence-electron chi connectivity index (χ2n) is 6.11. The fourth-order valence-electron chi connectivity index (χ4n) is 1.84. The molecule has 5 nitrogen and oxygen atoms in total. The molecule has 0 fully saturated rings. The number of benzene rings is 1. The molecule has 0 aromatic heterocycles. The summed E-state index contributed by atoms with van der Waals surface area (Å²) in [6.07, 6.45) is -0.00418. The van der Waals surface area contributed by atoms with Crippen molar-refractivity contribution in [1.29, 1.82) is 0 Å². The van der Waals surface area contributed by atoms with E-state index in [0.717, 1.165) is 5.56 Å². The van der Waals surface area contributed by atoms with Gasteiger partial charge in [0.2, 0.25) is 5.91 Å². The topological polar surface area (TPSA) is 67.4 Å². The van der Waals surface area contributed by atoms with Crippen LogP contribution in [0.2, 0.25) is 5.02 Å². The fraction of sp³-hybridized carbons (Fsp3) is 0.500. The van der Waals surface area contributed by atoms with Crippen LogP contribution in [0.1, 0.15) is 26.3 Å². The summed E-state index contributed by atoms with van der Waals surface area (Å²) in [5, 5.41) is 6.07. The zero-order valence-corrected chi connectivity index (χ0v) is 15.0. The van der Waals surface area contributed by atoms with Crippen molar-refractivity contribution in [2.24, 2.45) is 0 Å². The molecule has 2 amide bonds. The zero-order valence-electron chi connectivity index (χ0n) is 13.5. The van der Waals surface area contributed by atoms with E-state index >= 15 is 0 Å². The summed E-state index contributed by atoms with van der Waals surface area (Å²) < 4.78 is 5.25. The Morgan fingerprint density at radius 3 is 2.35 bits per heavy atom. The Bertz CT molecular complexity index is 527. The molecule has 0 heterocycles. The number of ether oxygens (including phenoxy) is 1. The molecule has 1 aromatic carbocycles. The van der Waals surface area contributed by atoms with E-state index in [4.69, 9.17) is 27.9 Å². The van der Waals surface area contributed by atoms with Gasteiger partial charge >= 0.3 is 6.09 Å². The molecule has 1 unspecified atom stereocenters. The van der Waals surface area contributed by atoms with Crippen molar-refractivity contribution in [2.75, 3.05) is 12.4 Å². The largest absolute Gasteiger partial charge is 0.444 e. The van der Waals surface area contributed by atoms with E-state index < -0.39 is 11.7 Å². The predicted octanol–water partition coefficient (Wildman–Crippen LogP) is 3.13. The van der Waals surface area contributed by atoms with E-state index in [9.17, 15) is 9.59 Å². The molecule has 1 atom stereocenters.